The highest BCUT2D eigenvalue weighted by molar-refractivity contribution is 5.92. The quantitative estimate of drug-likeness (QED) is 0.761. The molecule has 6 nitrogen and oxygen atoms in total. The van der Waals surface area contributed by atoms with E-state index in [1.807, 2.05) is 15.6 Å². The van der Waals surface area contributed by atoms with Crippen LogP contribution >= 0.6 is 0 Å². The van der Waals surface area contributed by atoms with E-state index in [9.17, 15) is 4.79 Å². The summed E-state index contributed by atoms with van der Waals surface area (Å²) in [6.45, 7) is 6.66. The van der Waals surface area contributed by atoms with Crippen LogP contribution < -0.4 is 0 Å². The molecule has 1 saturated heterocycles. The molecule has 1 aromatic rings. The van der Waals surface area contributed by atoms with Crippen molar-refractivity contribution >= 4 is 5.91 Å². The number of likely N-dealkylation sites (tertiary alicyclic amines) is 1. The zero-order valence-corrected chi connectivity index (χ0v) is 15.0. The molecule has 0 aromatic carbocycles. The third-order valence-electron chi connectivity index (χ3n) is 4.58. The maximum atomic E-state index is 12.8. The van der Waals surface area contributed by atoms with Crippen molar-refractivity contribution < 1.29 is 4.79 Å². The van der Waals surface area contributed by atoms with Crippen LogP contribution in [0, 0.1) is 0 Å². The Labute approximate surface area is 140 Å². The molecule has 1 atom stereocenters. The smallest absolute Gasteiger partial charge is 0.272 e. The van der Waals surface area contributed by atoms with Crippen molar-refractivity contribution in [3.8, 4) is 0 Å². The molecule has 0 saturated carbocycles. The van der Waals surface area contributed by atoms with E-state index in [1.165, 1.54) is 6.42 Å². The molecule has 1 unspecified atom stereocenters. The fourth-order valence-electron chi connectivity index (χ4n) is 3.11. The number of aromatic nitrogens is 2. The van der Waals surface area contributed by atoms with Crippen molar-refractivity contribution in [2.45, 2.75) is 38.8 Å². The number of carbonyl (C=O) groups is 1. The van der Waals surface area contributed by atoms with Gasteiger partial charge in [0.15, 0.2) is 0 Å². The third kappa shape index (κ3) is 4.78. The van der Waals surface area contributed by atoms with Crippen molar-refractivity contribution in [1.82, 2.24) is 24.5 Å². The summed E-state index contributed by atoms with van der Waals surface area (Å²) in [7, 11) is 6.36. The lowest BCUT2D eigenvalue weighted by Gasteiger charge is -2.38. The van der Waals surface area contributed by atoms with Crippen molar-refractivity contribution in [2.75, 3.05) is 47.3 Å². The maximum absolute atomic E-state index is 12.8. The van der Waals surface area contributed by atoms with Crippen molar-refractivity contribution in [3.05, 3.63) is 18.0 Å². The number of carbonyl (C=O) groups excluding carboxylic acids is 1. The topological polar surface area (TPSA) is 44.6 Å². The average Bonchev–Trinajstić information content (AvgIpc) is 3.00. The Kier molecular flexibility index (Phi) is 6.59. The summed E-state index contributed by atoms with van der Waals surface area (Å²) < 4.78 is 1.84. The van der Waals surface area contributed by atoms with Crippen LogP contribution in [0.2, 0.25) is 0 Å². The Bertz CT molecular complexity index is 499. The van der Waals surface area contributed by atoms with Gasteiger partial charge in [0.05, 0.1) is 0 Å². The number of piperidine rings is 1. The Hall–Kier alpha value is -1.40. The van der Waals surface area contributed by atoms with E-state index < -0.39 is 0 Å². The molecule has 0 aliphatic carbocycles. The standard InChI is InChI=1S/C17H31N5O/c1-5-10-22-16(8-9-18-22)17(23)21-11-6-7-15(14-21)20(4)13-12-19(2)3/h8-9,15H,5-7,10-14H2,1-4H3. The fourth-order valence-corrected chi connectivity index (χ4v) is 3.11. The summed E-state index contributed by atoms with van der Waals surface area (Å²) in [4.78, 5) is 19.4. The summed E-state index contributed by atoms with van der Waals surface area (Å²) in [5.41, 5.74) is 0.725. The first-order valence-electron chi connectivity index (χ1n) is 8.69. The van der Waals surface area contributed by atoms with Gasteiger partial charge >= 0.3 is 0 Å². The number of amides is 1. The number of hydrogen-bond donors (Lipinski definition) is 0. The third-order valence-corrected chi connectivity index (χ3v) is 4.58. The van der Waals surface area contributed by atoms with E-state index in [0.29, 0.717) is 6.04 Å². The van der Waals surface area contributed by atoms with Crippen LogP contribution in [-0.2, 0) is 6.54 Å². The minimum Gasteiger partial charge on any atom is -0.336 e. The van der Waals surface area contributed by atoms with Gasteiger partial charge in [0.2, 0.25) is 0 Å². The molecule has 1 amide bonds. The van der Waals surface area contributed by atoms with Crippen LogP contribution in [0.25, 0.3) is 0 Å². The van der Waals surface area contributed by atoms with Gasteiger partial charge in [0.1, 0.15) is 5.69 Å². The minimum absolute atomic E-state index is 0.127. The summed E-state index contributed by atoms with van der Waals surface area (Å²) >= 11 is 0. The first kappa shape index (κ1) is 17.9. The van der Waals surface area contributed by atoms with E-state index in [1.54, 1.807) is 6.20 Å². The Morgan fingerprint density at radius 3 is 2.83 bits per heavy atom. The van der Waals surface area contributed by atoms with Crippen molar-refractivity contribution in [3.63, 3.8) is 0 Å². The first-order chi connectivity index (χ1) is 11.0. The highest BCUT2D eigenvalue weighted by atomic mass is 16.2. The lowest BCUT2D eigenvalue weighted by Crippen LogP contribution is -2.50. The molecular weight excluding hydrogens is 290 g/mol. The normalized spacial score (nSPS) is 18.9. The highest BCUT2D eigenvalue weighted by Gasteiger charge is 2.28. The van der Waals surface area contributed by atoms with Gasteiger partial charge in [-0.2, -0.15) is 5.10 Å². The van der Waals surface area contributed by atoms with E-state index in [-0.39, 0.29) is 5.91 Å². The highest BCUT2D eigenvalue weighted by Crippen LogP contribution is 2.17. The predicted molar refractivity (Wildman–Crippen MR) is 92.6 cm³/mol. The molecule has 0 spiro atoms. The van der Waals surface area contributed by atoms with E-state index in [0.717, 1.165) is 51.3 Å². The first-order valence-corrected chi connectivity index (χ1v) is 8.69. The van der Waals surface area contributed by atoms with E-state index >= 15 is 0 Å². The fraction of sp³-hybridized carbons (Fsp3) is 0.765. The number of nitrogens with zero attached hydrogens (tertiary/aromatic N) is 5. The maximum Gasteiger partial charge on any atom is 0.272 e. The van der Waals surface area contributed by atoms with Gasteiger partial charge in [-0.1, -0.05) is 6.92 Å². The second-order valence-electron chi connectivity index (χ2n) is 6.77. The van der Waals surface area contributed by atoms with Gasteiger partial charge in [-0.25, -0.2) is 0 Å². The molecule has 0 N–H and O–H groups in total. The van der Waals surface area contributed by atoms with Gasteiger partial charge in [0, 0.05) is 45.0 Å². The van der Waals surface area contributed by atoms with Gasteiger partial charge in [0.25, 0.3) is 5.91 Å². The lowest BCUT2D eigenvalue weighted by atomic mass is 10.0. The molecule has 130 valence electrons. The molecule has 6 heteroatoms. The summed E-state index contributed by atoms with van der Waals surface area (Å²) in [5, 5.41) is 4.28. The van der Waals surface area contributed by atoms with Crippen LogP contribution in [0.3, 0.4) is 0 Å². The zero-order chi connectivity index (χ0) is 16.8. The largest absolute Gasteiger partial charge is 0.336 e. The van der Waals surface area contributed by atoms with Crippen molar-refractivity contribution in [1.29, 1.82) is 0 Å². The summed E-state index contributed by atoms with van der Waals surface area (Å²) in [6.07, 6.45) is 4.96. The number of aryl methyl sites for hydroxylation is 1. The van der Waals surface area contributed by atoms with E-state index in [4.69, 9.17) is 0 Å². The van der Waals surface area contributed by atoms with Crippen LogP contribution in [0.15, 0.2) is 12.3 Å². The molecule has 2 rings (SSSR count). The van der Waals surface area contributed by atoms with E-state index in [2.05, 4.69) is 43.0 Å². The van der Waals surface area contributed by atoms with Crippen LogP contribution in [0.4, 0.5) is 0 Å². The van der Waals surface area contributed by atoms with Gasteiger partial charge < -0.3 is 14.7 Å². The minimum atomic E-state index is 0.127. The Morgan fingerprint density at radius 1 is 1.35 bits per heavy atom. The predicted octanol–water partition coefficient (Wildman–Crippen LogP) is 1.39. The van der Waals surface area contributed by atoms with Crippen molar-refractivity contribution in [2.24, 2.45) is 0 Å². The van der Waals surface area contributed by atoms with Gasteiger partial charge in [-0.05, 0) is 46.5 Å². The molecule has 23 heavy (non-hydrogen) atoms. The molecule has 1 fully saturated rings. The SMILES string of the molecule is CCCn1nccc1C(=O)N1CCCC(N(C)CCN(C)C)C1. The Morgan fingerprint density at radius 2 is 2.13 bits per heavy atom. The molecule has 0 bridgehead atoms. The second kappa shape index (κ2) is 8.45. The van der Waals surface area contributed by atoms with Crippen LogP contribution in [-0.4, -0.2) is 83.8 Å². The molecular formula is C17H31N5O. The van der Waals surface area contributed by atoms with Gasteiger partial charge in [-0.15, -0.1) is 0 Å². The average molecular weight is 321 g/mol. The molecule has 2 heterocycles. The second-order valence-corrected chi connectivity index (χ2v) is 6.77. The molecule has 1 aliphatic heterocycles. The number of hydrogen-bond acceptors (Lipinski definition) is 4. The molecule has 1 aromatic heterocycles. The number of rotatable bonds is 7. The van der Waals surface area contributed by atoms with Crippen LogP contribution in [0.1, 0.15) is 36.7 Å². The summed E-state index contributed by atoms with van der Waals surface area (Å²) in [5.74, 6) is 0.127. The monoisotopic (exact) mass is 321 g/mol. The van der Waals surface area contributed by atoms with Crippen LogP contribution in [0.5, 0.6) is 0 Å². The number of likely N-dealkylation sites (N-methyl/N-ethyl adjacent to an activating group) is 2. The van der Waals surface area contributed by atoms with Gasteiger partial charge in [-0.3, -0.25) is 9.48 Å². The zero-order valence-electron chi connectivity index (χ0n) is 15.0. The summed E-state index contributed by atoms with van der Waals surface area (Å²) in [6, 6.07) is 2.30. The molecule has 0 radical (unpaired) electrons. The Balaban J connectivity index is 1.97. The molecule has 1 aliphatic rings. The lowest BCUT2D eigenvalue weighted by molar-refractivity contribution is 0.0591.